The summed E-state index contributed by atoms with van der Waals surface area (Å²) in [7, 11) is 0. The van der Waals surface area contributed by atoms with Gasteiger partial charge in [-0.25, -0.2) is 0 Å². The number of hydrogen-bond acceptors (Lipinski definition) is 1. The second-order valence-corrected chi connectivity index (χ2v) is 25.2. The molecule has 0 aliphatic rings. The zero-order chi connectivity index (χ0) is 22.1. The third-order valence-corrected chi connectivity index (χ3v) is 26.5. The summed E-state index contributed by atoms with van der Waals surface area (Å²) in [5.41, 5.74) is 0. The molecule has 1 aromatic heterocycles. The average Bonchev–Trinajstić information content (AvgIpc) is 3.23. The first-order valence-electron chi connectivity index (χ1n) is 13.7. The van der Waals surface area contributed by atoms with Crippen molar-refractivity contribution in [2.24, 2.45) is 5.92 Å². The molecule has 1 atom stereocenters. The van der Waals surface area contributed by atoms with Gasteiger partial charge in [0.1, 0.15) is 0 Å². The summed E-state index contributed by atoms with van der Waals surface area (Å²) in [5.74, 6) is 0.930. The van der Waals surface area contributed by atoms with Crippen molar-refractivity contribution >= 4 is 32.6 Å². The van der Waals surface area contributed by atoms with Gasteiger partial charge < -0.3 is 0 Å². The molecule has 1 heterocycles. The molecule has 1 aromatic rings. The van der Waals surface area contributed by atoms with E-state index in [0.717, 1.165) is 5.92 Å². The zero-order valence-electron chi connectivity index (χ0n) is 21.4. The van der Waals surface area contributed by atoms with E-state index in [1.54, 1.807) is 18.2 Å². The average molecular weight is 542 g/mol. The van der Waals surface area contributed by atoms with E-state index >= 15 is 0 Å². The van der Waals surface area contributed by atoms with Crippen LogP contribution in [0.5, 0.6) is 0 Å². The van der Waals surface area contributed by atoms with Gasteiger partial charge in [-0.3, -0.25) is 0 Å². The quantitative estimate of drug-likeness (QED) is 0.114. The van der Waals surface area contributed by atoms with E-state index in [4.69, 9.17) is 0 Å². The first kappa shape index (κ1) is 28.5. The van der Waals surface area contributed by atoms with Crippen LogP contribution in [0.25, 0.3) is 0 Å². The van der Waals surface area contributed by atoms with Crippen molar-refractivity contribution in [1.29, 1.82) is 0 Å². The third-order valence-electron chi connectivity index (χ3n) is 7.13. The molecule has 0 saturated carbocycles. The molecule has 0 spiro atoms. The Bertz CT molecular complexity index is 485. The standard InChI is InChI=1S/C16H27S.3C4H9.Sn/c1-3-5-7-8-11-15(10-6-4-2)14-16-12-9-13-17-16;3*1-3-4-2;/h9,12,15H,3-8,10-11,14H2,1-2H3;3*1,3-4H2,2H3;. The third kappa shape index (κ3) is 10.9. The van der Waals surface area contributed by atoms with Crippen LogP contribution in [0, 0.1) is 5.92 Å². The van der Waals surface area contributed by atoms with E-state index in [-0.39, 0.29) is 0 Å². The van der Waals surface area contributed by atoms with E-state index < -0.39 is 18.4 Å². The van der Waals surface area contributed by atoms with Crippen molar-refractivity contribution in [3.8, 4) is 0 Å². The first-order chi connectivity index (χ1) is 14.7. The van der Waals surface area contributed by atoms with Crippen molar-refractivity contribution in [3.63, 3.8) is 0 Å². The summed E-state index contributed by atoms with van der Waals surface area (Å²) in [6, 6.07) is 5.21. The van der Waals surface area contributed by atoms with Gasteiger partial charge in [-0.05, 0) is 0 Å². The van der Waals surface area contributed by atoms with E-state index in [2.05, 4.69) is 58.1 Å². The Balaban J connectivity index is 2.91. The predicted octanol–water partition coefficient (Wildman–Crippen LogP) is 10.1. The molecule has 0 aliphatic carbocycles. The van der Waals surface area contributed by atoms with Gasteiger partial charge in [-0.1, -0.05) is 0 Å². The van der Waals surface area contributed by atoms with Crippen molar-refractivity contribution in [2.75, 3.05) is 0 Å². The molecule has 176 valence electrons. The van der Waals surface area contributed by atoms with E-state index in [1.165, 1.54) is 96.3 Å². The molecule has 2 heteroatoms. The Kier molecular flexibility index (Phi) is 17.1. The Morgan fingerprint density at radius 3 is 1.70 bits per heavy atom. The van der Waals surface area contributed by atoms with E-state index in [9.17, 15) is 0 Å². The molecule has 0 nitrogen and oxygen atoms in total. The fraction of sp³-hybridized carbons (Fsp3) is 0.857. The maximum atomic E-state index is 2.64. The van der Waals surface area contributed by atoms with Crippen LogP contribution in [0.2, 0.25) is 13.3 Å². The molecule has 0 saturated heterocycles. The molecule has 0 fully saturated rings. The number of rotatable bonds is 20. The molecule has 0 aromatic carbocycles. The van der Waals surface area contributed by atoms with Crippen LogP contribution in [0.3, 0.4) is 0 Å². The summed E-state index contributed by atoms with van der Waals surface area (Å²) in [6.07, 6.45) is 21.3. The van der Waals surface area contributed by atoms with Crippen LogP contribution in [-0.2, 0) is 6.42 Å². The molecular weight excluding hydrogens is 487 g/mol. The second-order valence-electron chi connectivity index (χ2n) is 9.92. The van der Waals surface area contributed by atoms with Crippen LogP contribution in [0.1, 0.15) is 129 Å². The Hall–Kier alpha value is 0.499. The van der Waals surface area contributed by atoms with Crippen LogP contribution in [0.4, 0.5) is 0 Å². The van der Waals surface area contributed by atoms with E-state index in [0.29, 0.717) is 0 Å². The van der Waals surface area contributed by atoms with Crippen LogP contribution in [0.15, 0.2) is 12.1 Å². The molecule has 0 N–H and O–H groups in total. The Morgan fingerprint density at radius 1 is 0.633 bits per heavy atom. The molecule has 0 amide bonds. The van der Waals surface area contributed by atoms with Gasteiger partial charge in [-0.15, -0.1) is 0 Å². The van der Waals surface area contributed by atoms with Crippen LogP contribution < -0.4 is 2.89 Å². The fourth-order valence-corrected chi connectivity index (χ4v) is 25.5. The number of thiophene rings is 1. The normalized spacial score (nSPS) is 13.1. The predicted molar refractivity (Wildman–Crippen MR) is 144 cm³/mol. The number of hydrogen-bond donors (Lipinski definition) is 0. The van der Waals surface area contributed by atoms with Gasteiger partial charge in [0.2, 0.25) is 0 Å². The molecule has 30 heavy (non-hydrogen) atoms. The molecule has 0 bridgehead atoms. The van der Waals surface area contributed by atoms with Gasteiger partial charge in [0.05, 0.1) is 0 Å². The topological polar surface area (TPSA) is 0 Å². The first-order valence-corrected chi connectivity index (χ1v) is 22.0. The summed E-state index contributed by atoms with van der Waals surface area (Å²) in [5, 5.41) is 0. The minimum absolute atomic E-state index is 0.930. The molecule has 0 aliphatic heterocycles. The van der Waals surface area contributed by atoms with Crippen molar-refractivity contribution in [3.05, 3.63) is 17.0 Å². The number of unbranched alkanes of at least 4 members (excludes halogenated alkanes) is 7. The summed E-state index contributed by atoms with van der Waals surface area (Å²) >= 11 is 0.0755. The van der Waals surface area contributed by atoms with Crippen molar-refractivity contribution in [2.45, 2.75) is 144 Å². The van der Waals surface area contributed by atoms with Gasteiger partial charge in [-0.2, -0.15) is 0 Å². The van der Waals surface area contributed by atoms with E-state index in [1.807, 2.05) is 2.89 Å². The van der Waals surface area contributed by atoms with Crippen LogP contribution >= 0.6 is 11.3 Å². The fourth-order valence-electron chi connectivity index (χ4n) is 5.05. The Labute approximate surface area is 198 Å². The van der Waals surface area contributed by atoms with Gasteiger partial charge in [0, 0.05) is 0 Å². The SMILES string of the molecule is CCCCCCC(CCCC)Cc1cc[c]([Sn]([CH2]CCC)([CH2]CCC)[CH2]CCC)s1. The van der Waals surface area contributed by atoms with Gasteiger partial charge in [0.15, 0.2) is 0 Å². The van der Waals surface area contributed by atoms with Crippen molar-refractivity contribution < 1.29 is 0 Å². The van der Waals surface area contributed by atoms with Crippen LogP contribution in [-0.4, -0.2) is 18.4 Å². The molecule has 0 radical (unpaired) electrons. The zero-order valence-corrected chi connectivity index (χ0v) is 25.0. The Morgan fingerprint density at radius 2 is 1.17 bits per heavy atom. The van der Waals surface area contributed by atoms with Gasteiger partial charge in [0.25, 0.3) is 0 Å². The summed E-state index contributed by atoms with van der Waals surface area (Å²) in [4.78, 5) is 1.73. The molecule has 1 unspecified atom stereocenters. The minimum atomic E-state index is -2.21. The van der Waals surface area contributed by atoms with Crippen molar-refractivity contribution in [1.82, 2.24) is 0 Å². The maximum absolute atomic E-state index is 2.64. The van der Waals surface area contributed by atoms with Gasteiger partial charge >= 0.3 is 200 Å². The summed E-state index contributed by atoms with van der Waals surface area (Å²) < 4.78 is 6.78. The second kappa shape index (κ2) is 18.0. The molecule has 1 rings (SSSR count). The molecular formula is C28H54SSn. The summed E-state index contributed by atoms with van der Waals surface area (Å²) in [6.45, 7) is 11.9. The monoisotopic (exact) mass is 542 g/mol.